The summed E-state index contributed by atoms with van der Waals surface area (Å²) in [5, 5.41) is 2.68. The molecule has 2 nitrogen and oxygen atoms in total. The number of carbonyl (C=O) groups excluding carboxylic acids is 1. The molecule has 4 aromatic rings. The predicted molar refractivity (Wildman–Crippen MR) is 113 cm³/mol. The molecular formula is C21H13BrClNOS. The summed E-state index contributed by atoms with van der Waals surface area (Å²) in [6, 6.07) is 21.1. The van der Waals surface area contributed by atoms with Crippen LogP contribution in [0.15, 0.2) is 76.1 Å². The first-order valence-corrected chi connectivity index (χ1v) is 10.2. The van der Waals surface area contributed by atoms with Gasteiger partial charge in [0.1, 0.15) is 0 Å². The van der Waals surface area contributed by atoms with Crippen LogP contribution in [0.25, 0.3) is 21.8 Å². The van der Waals surface area contributed by atoms with Crippen molar-refractivity contribution >= 4 is 66.9 Å². The third-order valence-corrected chi connectivity index (χ3v) is 6.01. The highest BCUT2D eigenvalue weighted by atomic mass is 79.9. The molecule has 1 heterocycles. The summed E-state index contributed by atoms with van der Waals surface area (Å²) >= 11 is 11.1. The van der Waals surface area contributed by atoms with Gasteiger partial charge in [-0.2, -0.15) is 0 Å². The number of ketones is 1. The third-order valence-electron chi connectivity index (χ3n) is 4.11. The summed E-state index contributed by atoms with van der Waals surface area (Å²) in [4.78, 5) is 18.3. The molecule has 5 heteroatoms. The summed E-state index contributed by atoms with van der Waals surface area (Å²) in [5.41, 5.74) is 2.51. The molecule has 4 rings (SSSR count). The van der Waals surface area contributed by atoms with Gasteiger partial charge in [0.2, 0.25) is 0 Å². The van der Waals surface area contributed by atoms with Crippen LogP contribution in [0.4, 0.5) is 0 Å². The van der Waals surface area contributed by atoms with Gasteiger partial charge in [-0.25, -0.2) is 4.98 Å². The Balaban J connectivity index is 1.75. The standard InChI is InChI=1S/C21H13BrClNOS/c22-14-7-5-13(6-8-14)20(25)12-26-21-16-3-1-2-4-18(16)24-19-10-9-15(23)11-17(19)21/h1-11H,12H2. The number of hydrogen-bond donors (Lipinski definition) is 0. The van der Waals surface area contributed by atoms with Crippen molar-refractivity contribution in [3.8, 4) is 0 Å². The van der Waals surface area contributed by atoms with Gasteiger partial charge in [0.05, 0.1) is 16.8 Å². The Morgan fingerprint density at radius 2 is 1.69 bits per heavy atom. The third kappa shape index (κ3) is 3.50. The molecular weight excluding hydrogens is 430 g/mol. The molecule has 0 saturated carbocycles. The first-order valence-electron chi connectivity index (χ1n) is 8.01. The smallest absolute Gasteiger partial charge is 0.173 e. The fraction of sp³-hybridized carbons (Fsp3) is 0.0476. The number of fused-ring (bicyclic) bond motifs is 2. The second-order valence-corrected chi connectivity index (χ2v) is 8.18. The van der Waals surface area contributed by atoms with Gasteiger partial charge >= 0.3 is 0 Å². The van der Waals surface area contributed by atoms with Crippen molar-refractivity contribution in [1.82, 2.24) is 4.98 Å². The highest BCUT2D eigenvalue weighted by Gasteiger charge is 2.13. The molecule has 1 aromatic heterocycles. The van der Waals surface area contributed by atoms with Crippen LogP contribution < -0.4 is 0 Å². The Bertz CT molecular complexity index is 1130. The van der Waals surface area contributed by atoms with Crippen LogP contribution in [-0.4, -0.2) is 16.5 Å². The number of aromatic nitrogens is 1. The first-order chi connectivity index (χ1) is 12.6. The molecule has 0 fully saturated rings. The van der Waals surface area contributed by atoms with E-state index >= 15 is 0 Å². The minimum absolute atomic E-state index is 0.0959. The van der Waals surface area contributed by atoms with Crippen molar-refractivity contribution in [2.45, 2.75) is 4.90 Å². The van der Waals surface area contributed by atoms with E-state index in [1.54, 1.807) is 0 Å². The molecule has 0 N–H and O–H groups in total. The molecule has 0 bridgehead atoms. The zero-order chi connectivity index (χ0) is 18.1. The van der Waals surface area contributed by atoms with E-state index in [9.17, 15) is 4.79 Å². The minimum Gasteiger partial charge on any atom is -0.293 e. The monoisotopic (exact) mass is 441 g/mol. The van der Waals surface area contributed by atoms with Crippen LogP contribution >= 0.6 is 39.3 Å². The zero-order valence-corrected chi connectivity index (χ0v) is 16.7. The topological polar surface area (TPSA) is 30.0 Å². The van der Waals surface area contributed by atoms with Gasteiger partial charge in [0.25, 0.3) is 0 Å². The molecule has 0 aliphatic carbocycles. The summed E-state index contributed by atoms with van der Waals surface area (Å²) in [6.45, 7) is 0. The van der Waals surface area contributed by atoms with Crippen LogP contribution in [0.3, 0.4) is 0 Å². The Morgan fingerprint density at radius 1 is 0.962 bits per heavy atom. The fourth-order valence-corrected chi connectivity index (χ4v) is 4.36. The van der Waals surface area contributed by atoms with Crippen LogP contribution in [0.5, 0.6) is 0 Å². The molecule has 0 amide bonds. The van der Waals surface area contributed by atoms with Gasteiger partial charge < -0.3 is 0 Å². The molecule has 0 unspecified atom stereocenters. The summed E-state index contributed by atoms with van der Waals surface area (Å²) in [5.74, 6) is 0.454. The van der Waals surface area contributed by atoms with Crippen molar-refractivity contribution in [2.75, 3.05) is 5.75 Å². The lowest BCUT2D eigenvalue weighted by molar-refractivity contribution is 0.102. The van der Waals surface area contributed by atoms with E-state index in [4.69, 9.17) is 16.6 Å². The molecule has 0 atom stereocenters. The number of rotatable bonds is 4. The average Bonchev–Trinajstić information content (AvgIpc) is 2.65. The zero-order valence-electron chi connectivity index (χ0n) is 13.6. The first kappa shape index (κ1) is 17.5. The Morgan fingerprint density at radius 3 is 2.50 bits per heavy atom. The van der Waals surface area contributed by atoms with Gasteiger partial charge in [0, 0.05) is 30.7 Å². The highest BCUT2D eigenvalue weighted by molar-refractivity contribution is 9.10. The number of hydrogen-bond acceptors (Lipinski definition) is 3. The number of nitrogens with zero attached hydrogens (tertiary/aromatic N) is 1. The number of Topliss-reactive ketones (excluding diaryl/α,β-unsaturated/α-hetero) is 1. The Kier molecular flexibility index (Phi) is 4.98. The summed E-state index contributed by atoms with van der Waals surface area (Å²) in [6.07, 6.45) is 0. The Labute approximate surface area is 168 Å². The van der Waals surface area contributed by atoms with E-state index < -0.39 is 0 Å². The minimum atomic E-state index is 0.0959. The second kappa shape index (κ2) is 7.39. The second-order valence-electron chi connectivity index (χ2n) is 5.84. The SMILES string of the molecule is O=C(CSc1c2ccccc2nc2ccc(Cl)cc12)c1ccc(Br)cc1. The normalized spacial score (nSPS) is 11.2. The van der Waals surface area contributed by atoms with Crippen molar-refractivity contribution in [1.29, 1.82) is 0 Å². The van der Waals surface area contributed by atoms with E-state index in [0.717, 1.165) is 31.2 Å². The van der Waals surface area contributed by atoms with Gasteiger partial charge in [-0.1, -0.05) is 57.9 Å². The maximum Gasteiger partial charge on any atom is 0.173 e. The number of halogens is 2. The fourth-order valence-electron chi connectivity index (χ4n) is 2.84. The average molecular weight is 443 g/mol. The highest BCUT2D eigenvalue weighted by Crippen LogP contribution is 2.35. The van der Waals surface area contributed by atoms with Crippen molar-refractivity contribution < 1.29 is 4.79 Å². The molecule has 26 heavy (non-hydrogen) atoms. The molecule has 128 valence electrons. The van der Waals surface area contributed by atoms with E-state index in [0.29, 0.717) is 16.3 Å². The lowest BCUT2D eigenvalue weighted by Crippen LogP contribution is -2.02. The van der Waals surface area contributed by atoms with Gasteiger partial charge in [0.15, 0.2) is 5.78 Å². The van der Waals surface area contributed by atoms with Crippen molar-refractivity contribution in [3.63, 3.8) is 0 Å². The summed E-state index contributed by atoms with van der Waals surface area (Å²) in [7, 11) is 0. The van der Waals surface area contributed by atoms with E-state index in [1.165, 1.54) is 11.8 Å². The maximum absolute atomic E-state index is 12.6. The van der Waals surface area contributed by atoms with Crippen LogP contribution in [-0.2, 0) is 0 Å². The number of benzene rings is 3. The predicted octanol–water partition coefficient (Wildman–Crippen LogP) is 6.78. The Hall–Kier alpha value is -1.88. The maximum atomic E-state index is 12.6. The lowest BCUT2D eigenvalue weighted by Gasteiger charge is -2.10. The van der Waals surface area contributed by atoms with Gasteiger partial charge in [-0.15, -0.1) is 11.8 Å². The number of pyridine rings is 1. The van der Waals surface area contributed by atoms with Gasteiger partial charge in [-0.3, -0.25) is 4.79 Å². The van der Waals surface area contributed by atoms with Crippen molar-refractivity contribution in [2.24, 2.45) is 0 Å². The lowest BCUT2D eigenvalue weighted by atomic mass is 10.1. The molecule has 0 radical (unpaired) electrons. The number of para-hydroxylation sites is 1. The number of thioether (sulfide) groups is 1. The number of carbonyl (C=O) groups is 1. The van der Waals surface area contributed by atoms with Crippen LogP contribution in [0.1, 0.15) is 10.4 Å². The largest absolute Gasteiger partial charge is 0.293 e. The molecule has 0 saturated heterocycles. The van der Waals surface area contributed by atoms with Crippen LogP contribution in [0.2, 0.25) is 5.02 Å². The molecule has 0 spiro atoms. The van der Waals surface area contributed by atoms with E-state index in [2.05, 4.69) is 15.9 Å². The molecule has 0 aliphatic heterocycles. The van der Waals surface area contributed by atoms with Gasteiger partial charge in [-0.05, 0) is 36.4 Å². The van der Waals surface area contributed by atoms with Crippen LogP contribution in [0, 0.1) is 0 Å². The quantitative estimate of drug-likeness (QED) is 0.198. The van der Waals surface area contributed by atoms with E-state index in [-0.39, 0.29) is 5.78 Å². The van der Waals surface area contributed by atoms with Crippen molar-refractivity contribution in [3.05, 3.63) is 81.8 Å². The summed E-state index contributed by atoms with van der Waals surface area (Å²) < 4.78 is 0.961. The molecule has 3 aromatic carbocycles. The van der Waals surface area contributed by atoms with E-state index in [1.807, 2.05) is 66.7 Å². The molecule has 0 aliphatic rings.